The number of aromatic nitrogens is 1. The minimum Gasteiger partial charge on any atom is -0.368 e. The van der Waals surface area contributed by atoms with Gasteiger partial charge in [0.05, 0.1) is 10.7 Å². The smallest absolute Gasteiger partial charge is 0.283 e. The van der Waals surface area contributed by atoms with E-state index in [1.807, 2.05) is 12.1 Å². The van der Waals surface area contributed by atoms with Crippen LogP contribution in [0.3, 0.4) is 0 Å². The number of rotatable bonds is 3. The number of hydrogen-bond acceptors (Lipinski definition) is 3. The zero-order chi connectivity index (χ0) is 15.2. The Bertz CT molecular complexity index is 665. The van der Waals surface area contributed by atoms with Crippen LogP contribution in [0.1, 0.15) is 5.56 Å². The van der Waals surface area contributed by atoms with Crippen LogP contribution in [0.2, 0.25) is 10.0 Å². The number of anilines is 1. The zero-order valence-corrected chi connectivity index (χ0v) is 13.1. The number of halogens is 2. The van der Waals surface area contributed by atoms with E-state index in [0.717, 1.165) is 5.56 Å². The predicted octanol–water partition coefficient (Wildman–Crippen LogP) is 3.44. The van der Waals surface area contributed by atoms with Gasteiger partial charge in [0.2, 0.25) is 0 Å². The Kier molecular flexibility index (Phi) is 5.50. The molecule has 0 spiro atoms. The number of amides is 1. The molecule has 7 heteroatoms. The molecular formula is C14H11Cl2N3OS. The van der Waals surface area contributed by atoms with Crippen LogP contribution in [0.4, 0.5) is 5.69 Å². The summed E-state index contributed by atoms with van der Waals surface area (Å²) in [5.41, 5.74) is 1.38. The second-order valence-corrected chi connectivity index (χ2v) is 5.37. The molecule has 2 rings (SSSR count). The Morgan fingerprint density at radius 1 is 1.29 bits per heavy atom. The maximum atomic E-state index is 11.9. The molecule has 0 radical (unpaired) electrons. The van der Waals surface area contributed by atoms with E-state index in [-0.39, 0.29) is 4.99 Å². The average molecular weight is 340 g/mol. The highest BCUT2D eigenvalue weighted by Crippen LogP contribution is 2.25. The topological polar surface area (TPSA) is 54.0 Å². The van der Waals surface area contributed by atoms with Crippen molar-refractivity contribution >= 4 is 52.0 Å². The molecule has 2 N–H and O–H groups in total. The fourth-order valence-corrected chi connectivity index (χ4v) is 2.11. The Hall–Kier alpha value is -1.69. The van der Waals surface area contributed by atoms with Gasteiger partial charge >= 0.3 is 0 Å². The van der Waals surface area contributed by atoms with E-state index in [9.17, 15) is 4.79 Å². The lowest BCUT2D eigenvalue weighted by molar-refractivity contribution is -0.110. The molecule has 0 saturated carbocycles. The van der Waals surface area contributed by atoms with Gasteiger partial charge in [-0.05, 0) is 29.8 Å². The second-order valence-electron chi connectivity index (χ2n) is 4.12. The van der Waals surface area contributed by atoms with Crippen molar-refractivity contribution in [2.24, 2.45) is 0 Å². The van der Waals surface area contributed by atoms with Crippen molar-refractivity contribution in [1.82, 2.24) is 10.3 Å². The van der Waals surface area contributed by atoms with Crippen LogP contribution in [0.5, 0.6) is 0 Å². The maximum absolute atomic E-state index is 11.9. The maximum Gasteiger partial charge on any atom is 0.283 e. The van der Waals surface area contributed by atoms with Gasteiger partial charge in [0, 0.05) is 24.0 Å². The van der Waals surface area contributed by atoms with E-state index < -0.39 is 5.91 Å². The first-order valence-corrected chi connectivity index (χ1v) is 7.16. The largest absolute Gasteiger partial charge is 0.368 e. The molecule has 21 heavy (non-hydrogen) atoms. The number of nitrogens with zero attached hydrogens (tertiary/aromatic N) is 1. The number of nitrogens with one attached hydrogen (secondary N) is 2. The Labute approximate surface area is 137 Å². The van der Waals surface area contributed by atoms with Crippen LogP contribution in [0, 0.1) is 0 Å². The van der Waals surface area contributed by atoms with Crippen LogP contribution in [0.25, 0.3) is 0 Å². The third-order valence-electron chi connectivity index (χ3n) is 2.56. The van der Waals surface area contributed by atoms with Gasteiger partial charge in [-0.25, -0.2) is 0 Å². The van der Waals surface area contributed by atoms with Crippen molar-refractivity contribution in [3.63, 3.8) is 0 Å². The summed E-state index contributed by atoms with van der Waals surface area (Å²) < 4.78 is 0. The molecule has 4 nitrogen and oxygen atoms in total. The first-order valence-electron chi connectivity index (χ1n) is 5.99. The fourth-order valence-electron chi connectivity index (χ4n) is 1.54. The van der Waals surface area contributed by atoms with E-state index in [4.69, 9.17) is 35.4 Å². The van der Waals surface area contributed by atoms with Crippen LogP contribution >= 0.6 is 35.4 Å². The molecular weight excluding hydrogens is 329 g/mol. The third-order valence-corrected chi connectivity index (χ3v) is 3.44. The SMILES string of the molecule is O=C(Nc1ccc(Cl)cc1Cl)C(=S)NCc1cccnc1. The molecule has 108 valence electrons. The lowest BCUT2D eigenvalue weighted by atomic mass is 10.3. The molecule has 1 amide bonds. The number of benzene rings is 1. The van der Waals surface area contributed by atoms with Crippen molar-refractivity contribution in [1.29, 1.82) is 0 Å². The van der Waals surface area contributed by atoms with Crippen molar-refractivity contribution in [3.05, 3.63) is 58.3 Å². The Morgan fingerprint density at radius 3 is 2.76 bits per heavy atom. The minimum absolute atomic E-state index is 0.0740. The van der Waals surface area contributed by atoms with E-state index in [1.54, 1.807) is 30.6 Å². The van der Waals surface area contributed by atoms with Gasteiger partial charge in [0.15, 0.2) is 4.99 Å². The van der Waals surface area contributed by atoms with Gasteiger partial charge in [0.25, 0.3) is 5.91 Å². The van der Waals surface area contributed by atoms with E-state index in [2.05, 4.69) is 15.6 Å². The molecule has 1 aromatic carbocycles. The third kappa shape index (κ3) is 4.67. The summed E-state index contributed by atoms with van der Waals surface area (Å²) in [4.78, 5) is 16.0. The monoisotopic (exact) mass is 339 g/mol. The summed E-state index contributed by atoms with van der Waals surface area (Å²) in [5.74, 6) is -0.432. The van der Waals surface area contributed by atoms with E-state index in [1.165, 1.54) is 0 Å². The molecule has 0 aliphatic carbocycles. The quantitative estimate of drug-likeness (QED) is 0.841. The first-order chi connectivity index (χ1) is 10.1. The number of pyridine rings is 1. The summed E-state index contributed by atoms with van der Waals surface area (Å²) in [5, 5.41) is 6.33. The molecule has 1 heterocycles. The van der Waals surface area contributed by atoms with Crippen LogP contribution in [-0.4, -0.2) is 15.9 Å². The van der Waals surface area contributed by atoms with Crippen molar-refractivity contribution in [2.45, 2.75) is 6.54 Å². The highest BCUT2D eigenvalue weighted by atomic mass is 35.5. The van der Waals surface area contributed by atoms with Gasteiger partial charge in [-0.1, -0.05) is 41.5 Å². The van der Waals surface area contributed by atoms with Crippen LogP contribution in [-0.2, 0) is 11.3 Å². The molecule has 0 fully saturated rings. The summed E-state index contributed by atoms with van der Waals surface area (Å²) in [7, 11) is 0. The van der Waals surface area contributed by atoms with Crippen molar-refractivity contribution < 1.29 is 4.79 Å². The van der Waals surface area contributed by atoms with Crippen LogP contribution in [0.15, 0.2) is 42.7 Å². The van der Waals surface area contributed by atoms with Gasteiger partial charge < -0.3 is 10.6 Å². The second kappa shape index (κ2) is 7.36. The predicted molar refractivity (Wildman–Crippen MR) is 88.8 cm³/mol. The lowest BCUT2D eigenvalue weighted by Gasteiger charge is -2.10. The van der Waals surface area contributed by atoms with Crippen LogP contribution < -0.4 is 10.6 Å². The number of thiocarbonyl (C=S) groups is 1. The molecule has 0 aliphatic heterocycles. The molecule has 2 aromatic rings. The lowest BCUT2D eigenvalue weighted by Crippen LogP contribution is -2.33. The molecule has 0 unspecified atom stereocenters. The number of carbonyl (C=O) groups excluding carboxylic acids is 1. The summed E-state index contributed by atoms with van der Waals surface area (Å²) in [6.07, 6.45) is 3.38. The van der Waals surface area contributed by atoms with E-state index >= 15 is 0 Å². The summed E-state index contributed by atoms with van der Waals surface area (Å²) in [6.45, 7) is 0.425. The van der Waals surface area contributed by atoms with Gasteiger partial charge in [-0.15, -0.1) is 0 Å². The summed E-state index contributed by atoms with van der Waals surface area (Å²) >= 11 is 16.8. The first kappa shape index (κ1) is 15.7. The molecule has 0 bridgehead atoms. The number of carbonyl (C=O) groups is 1. The van der Waals surface area contributed by atoms with Crippen molar-refractivity contribution in [3.8, 4) is 0 Å². The minimum atomic E-state index is -0.432. The molecule has 0 saturated heterocycles. The summed E-state index contributed by atoms with van der Waals surface area (Å²) in [6, 6.07) is 8.50. The average Bonchev–Trinajstić information content (AvgIpc) is 2.48. The fraction of sp³-hybridized carbons (Fsp3) is 0.0714. The van der Waals surface area contributed by atoms with E-state index in [0.29, 0.717) is 22.3 Å². The van der Waals surface area contributed by atoms with Crippen molar-refractivity contribution in [2.75, 3.05) is 5.32 Å². The van der Waals surface area contributed by atoms with Gasteiger partial charge in [-0.2, -0.15) is 0 Å². The van der Waals surface area contributed by atoms with Gasteiger partial charge in [-0.3, -0.25) is 9.78 Å². The highest BCUT2D eigenvalue weighted by Gasteiger charge is 2.11. The molecule has 0 aliphatic rings. The highest BCUT2D eigenvalue weighted by molar-refractivity contribution is 7.82. The molecule has 0 atom stereocenters. The Morgan fingerprint density at radius 2 is 2.10 bits per heavy atom. The molecule has 1 aromatic heterocycles. The number of hydrogen-bond donors (Lipinski definition) is 2. The standard InChI is InChI=1S/C14H11Cl2N3OS/c15-10-3-4-12(11(16)6-10)19-13(20)14(21)18-8-9-2-1-5-17-7-9/h1-7H,8H2,(H,18,21)(H,19,20). The zero-order valence-electron chi connectivity index (χ0n) is 10.8. The Balaban J connectivity index is 1.92. The van der Waals surface area contributed by atoms with Gasteiger partial charge in [0.1, 0.15) is 0 Å². The normalized spacial score (nSPS) is 10.0.